The van der Waals surface area contributed by atoms with E-state index in [4.69, 9.17) is 25.8 Å². The number of aryl methyl sites for hydroxylation is 1. The van der Waals surface area contributed by atoms with Gasteiger partial charge in [0.25, 0.3) is 5.91 Å². The molecule has 2 aromatic carbocycles. The molecule has 7 nitrogen and oxygen atoms in total. The van der Waals surface area contributed by atoms with Crippen LogP contribution in [0.15, 0.2) is 42.5 Å². The van der Waals surface area contributed by atoms with Crippen molar-refractivity contribution in [2.45, 2.75) is 26.2 Å². The van der Waals surface area contributed by atoms with Gasteiger partial charge in [-0.1, -0.05) is 23.7 Å². The molecule has 0 saturated carbocycles. The normalized spacial score (nSPS) is 17.1. The second-order valence-electron chi connectivity index (χ2n) is 7.05. The number of rotatable bonds is 3. The number of anilines is 1. The quantitative estimate of drug-likeness (QED) is 0.702. The van der Waals surface area contributed by atoms with Crippen molar-refractivity contribution in [1.29, 1.82) is 0 Å². The van der Waals surface area contributed by atoms with Gasteiger partial charge in [0.15, 0.2) is 17.2 Å². The zero-order chi connectivity index (χ0) is 20.0. The van der Waals surface area contributed by atoms with Gasteiger partial charge in [0.1, 0.15) is 6.10 Å². The van der Waals surface area contributed by atoms with Gasteiger partial charge in [-0.2, -0.15) is 5.10 Å². The lowest BCUT2D eigenvalue weighted by Crippen LogP contribution is -2.22. The Morgan fingerprint density at radius 1 is 1.17 bits per heavy atom. The monoisotopic (exact) mass is 411 g/mol. The van der Waals surface area contributed by atoms with Gasteiger partial charge < -0.3 is 19.5 Å². The molecule has 5 rings (SSSR count). The van der Waals surface area contributed by atoms with E-state index in [1.807, 2.05) is 35.9 Å². The molecule has 0 fully saturated rings. The SMILES string of the molecule is Cc1ccc(NC(=O)c2cc3n(n2)CC(c2ccc4c(c2)OCO4)OC3)c(Cl)c1. The molecule has 0 aliphatic carbocycles. The minimum absolute atomic E-state index is 0.181. The van der Waals surface area contributed by atoms with Crippen molar-refractivity contribution in [1.82, 2.24) is 9.78 Å². The maximum atomic E-state index is 12.6. The fourth-order valence-corrected chi connectivity index (χ4v) is 3.74. The third-order valence-corrected chi connectivity index (χ3v) is 5.32. The summed E-state index contributed by atoms with van der Waals surface area (Å²) in [7, 11) is 0. The van der Waals surface area contributed by atoms with Crippen LogP contribution in [-0.4, -0.2) is 22.5 Å². The predicted octanol–water partition coefficient (Wildman–Crippen LogP) is 4.10. The average Bonchev–Trinajstić information content (AvgIpc) is 3.35. The van der Waals surface area contributed by atoms with Crippen molar-refractivity contribution in [3.8, 4) is 11.5 Å². The highest BCUT2D eigenvalue weighted by Crippen LogP contribution is 2.36. The van der Waals surface area contributed by atoms with Crippen LogP contribution in [0.5, 0.6) is 11.5 Å². The molecule has 1 atom stereocenters. The van der Waals surface area contributed by atoms with Crippen molar-refractivity contribution in [2.75, 3.05) is 12.1 Å². The van der Waals surface area contributed by atoms with Gasteiger partial charge in [-0.3, -0.25) is 9.48 Å². The first-order valence-electron chi connectivity index (χ1n) is 9.22. The molecule has 29 heavy (non-hydrogen) atoms. The zero-order valence-electron chi connectivity index (χ0n) is 15.6. The summed E-state index contributed by atoms with van der Waals surface area (Å²) < 4.78 is 18.6. The van der Waals surface area contributed by atoms with Gasteiger partial charge in [-0.25, -0.2) is 0 Å². The first-order chi connectivity index (χ1) is 14.1. The van der Waals surface area contributed by atoms with Crippen molar-refractivity contribution in [3.05, 3.63) is 70.0 Å². The van der Waals surface area contributed by atoms with Crippen LogP contribution in [0, 0.1) is 6.92 Å². The van der Waals surface area contributed by atoms with Gasteiger partial charge in [0.05, 0.1) is 29.6 Å². The lowest BCUT2D eigenvalue weighted by Gasteiger charge is -2.24. The Kier molecular flexibility index (Phi) is 4.41. The number of nitrogens with one attached hydrogen (secondary N) is 1. The number of hydrogen-bond donors (Lipinski definition) is 1. The van der Waals surface area contributed by atoms with Gasteiger partial charge in [-0.05, 0) is 48.4 Å². The number of hydrogen-bond acceptors (Lipinski definition) is 5. The van der Waals surface area contributed by atoms with Gasteiger partial charge in [0.2, 0.25) is 6.79 Å². The molecule has 0 radical (unpaired) electrons. The van der Waals surface area contributed by atoms with Gasteiger partial charge >= 0.3 is 0 Å². The van der Waals surface area contributed by atoms with E-state index in [1.165, 1.54) is 0 Å². The third kappa shape index (κ3) is 3.43. The van der Waals surface area contributed by atoms with Crippen molar-refractivity contribution in [3.63, 3.8) is 0 Å². The summed E-state index contributed by atoms with van der Waals surface area (Å²) in [5.74, 6) is 1.14. The molecular formula is C21H18ClN3O4. The molecule has 8 heteroatoms. The minimum Gasteiger partial charge on any atom is -0.454 e. The molecular weight excluding hydrogens is 394 g/mol. The minimum atomic E-state index is -0.308. The van der Waals surface area contributed by atoms with E-state index in [2.05, 4.69) is 10.4 Å². The standard InChI is InChI=1S/C21H18ClN3O4/c1-12-2-4-16(15(22)6-12)23-21(26)17-8-14-10-27-20(9-25(14)24-17)13-3-5-18-19(7-13)29-11-28-18/h2-8,20H,9-11H2,1H3,(H,23,26). The van der Waals surface area contributed by atoms with Crippen molar-refractivity contribution >= 4 is 23.2 Å². The predicted molar refractivity (Wildman–Crippen MR) is 106 cm³/mol. The van der Waals surface area contributed by atoms with Crippen LogP contribution in [0.2, 0.25) is 5.02 Å². The summed E-state index contributed by atoms with van der Waals surface area (Å²) in [5, 5.41) is 7.78. The van der Waals surface area contributed by atoms with Crippen LogP contribution < -0.4 is 14.8 Å². The molecule has 0 saturated heterocycles. The molecule has 0 spiro atoms. The lowest BCUT2D eigenvalue weighted by atomic mass is 10.1. The van der Waals surface area contributed by atoms with E-state index < -0.39 is 0 Å². The second kappa shape index (κ2) is 7.09. The van der Waals surface area contributed by atoms with E-state index in [9.17, 15) is 4.79 Å². The summed E-state index contributed by atoms with van der Waals surface area (Å²) in [4.78, 5) is 12.6. The van der Waals surface area contributed by atoms with Crippen molar-refractivity contribution in [2.24, 2.45) is 0 Å². The molecule has 1 amide bonds. The maximum Gasteiger partial charge on any atom is 0.276 e. The number of benzene rings is 2. The lowest BCUT2D eigenvalue weighted by molar-refractivity contribution is -0.00127. The fraction of sp³-hybridized carbons (Fsp3) is 0.238. The molecule has 2 aliphatic heterocycles. The summed E-state index contributed by atoms with van der Waals surface area (Å²) >= 11 is 6.21. The summed E-state index contributed by atoms with van der Waals surface area (Å²) in [6.45, 7) is 3.05. The average molecular weight is 412 g/mol. The van der Waals surface area contributed by atoms with E-state index in [0.717, 1.165) is 22.6 Å². The summed E-state index contributed by atoms with van der Waals surface area (Å²) in [5.41, 5.74) is 3.74. The Hall–Kier alpha value is -3.03. The van der Waals surface area contributed by atoms with E-state index in [1.54, 1.807) is 18.2 Å². The second-order valence-corrected chi connectivity index (χ2v) is 7.46. The van der Waals surface area contributed by atoms with E-state index >= 15 is 0 Å². The smallest absolute Gasteiger partial charge is 0.276 e. The van der Waals surface area contributed by atoms with Crippen LogP contribution in [0.3, 0.4) is 0 Å². The fourth-order valence-electron chi connectivity index (χ4n) is 3.46. The number of ether oxygens (including phenoxy) is 3. The first kappa shape index (κ1) is 18.0. The first-order valence-corrected chi connectivity index (χ1v) is 9.60. The number of carbonyl (C=O) groups excluding carboxylic acids is 1. The highest BCUT2D eigenvalue weighted by atomic mass is 35.5. The molecule has 0 bridgehead atoms. The van der Waals surface area contributed by atoms with Crippen LogP contribution in [-0.2, 0) is 17.9 Å². The Morgan fingerprint density at radius 2 is 2.03 bits per heavy atom. The molecule has 1 aromatic heterocycles. The Bertz CT molecular complexity index is 1110. The van der Waals surface area contributed by atoms with Crippen LogP contribution >= 0.6 is 11.6 Å². The number of fused-ring (bicyclic) bond motifs is 2. The van der Waals surface area contributed by atoms with E-state index in [-0.39, 0.29) is 18.8 Å². The number of nitrogens with zero attached hydrogens (tertiary/aromatic N) is 2. The molecule has 3 heterocycles. The Morgan fingerprint density at radius 3 is 2.90 bits per heavy atom. The molecule has 1 unspecified atom stereocenters. The number of halogens is 1. The Balaban J connectivity index is 1.33. The topological polar surface area (TPSA) is 74.6 Å². The molecule has 2 aliphatic rings. The highest BCUT2D eigenvalue weighted by Gasteiger charge is 2.26. The molecule has 1 N–H and O–H groups in total. The van der Waals surface area contributed by atoms with Gasteiger partial charge in [-0.15, -0.1) is 0 Å². The third-order valence-electron chi connectivity index (χ3n) is 5.01. The van der Waals surface area contributed by atoms with Crippen LogP contribution in [0.4, 0.5) is 5.69 Å². The summed E-state index contributed by atoms with van der Waals surface area (Å²) in [6.07, 6.45) is -0.181. The van der Waals surface area contributed by atoms with E-state index in [0.29, 0.717) is 35.3 Å². The van der Waals surface area contributed by atoms with Crippen LogP contribution in [0.25, 0.3) is 0 Å². The zero-order valence-corrected chi connectivity index (χ0v) is 16.4. The number of amides is 1. The van der Waals surface area contributed by atoms with Crippen molar-refractivity contribution < 1.29 is 19.0 Å². The Labute approximate surface area is 172 Å². The molecule has 3 aromatic rings. The largest absolute Gasteiger partial charge is 0.454 e. The highest BCUT2D eigenvalue weighted by molar-refractivity contribution is 6.34. The molecule has 148 valence electrons. The van der Waals surface area contributed by atoms with Crippen LogP contribution in [0.1, 0.15) is 33.4 Å². The maximum absolute atomic E-state index is 12.6. The number of aromatic nitrogens is 2. The van der Waals surface area contributed by atoms with Gasteiger partial charge in [0, 0.05) is 0 Å². The summed E-state index contributed by atoms with van der Waals surface area (Å²) in [6, 6.07) is 13.0. The number of carbonyl (C=O) groups is 1.